The molecule has 0 aliphatic heterocycles. The van der Waals surface area contributed by atoms with Crippen LogP contribution in [-0.2, 0) is 6.42 Å². The molecular formula is C17H19F3. The molecular weight excluding hydrogens is 261 g/mol. The summed E-state index contributed by atoms with van der Waals surface area (Å²) in [5.41, 5.74) is 0.314. The SMILES string of the molecule is CCCCC#C/C(=C/CCc1ccccc1)C(F)(F)F. The van der Waals surface area contributed by atoms with Crippen molar-refractivity contribution < 1.29 is 13.2 Å². The molecule has 0 spiro atoms. The number of halogens is 3. The first kappa shape index (κ1) is 16.4. The van der Waals surface area contributed by atoms with Gasteiger partial charge in [0.05, 0.1) is 0 Å². The topological polar surface area (TPSA) is 0 Å². The maximum Gasteiger partial charge on any atom is 0.423 e. The maximum absolute atomic E-state index is 12.8. The molecule has 1 aromatic rings. The minimum atomic E-state index is -4.35. The molecule has 0 aliphatic rings. The summed E-state index contributed by atoms with van der Waals surface area (Å²) in [5.74, 6) is 4.87. The van der Waals surface area contributed by atoms with E-state index in [0.29, 0.717) is 19.3 Å². The summed E-state index contributed by atoms with van der Waals surface area (Å²) in [6.45, 7) is 1.99. The predicted molar refractivity (Wildman–Crippen MR) is 76.2 cm³/mol. The van der Waals surface area contributed by atoms with Crippen LogP contribution in [0.5, 0.6) is 0 Å². The van der Waals surface area contributed by atoms with E-state index in [1.54, 1.807) is 0 Å². The molecule has 1 aromatic carbocycles. The van der Waals surface area contributed by atoms with Gasteiger partial charge in [-0.3, -0.25) is 0 Å². The van der Waals surface area contributed by atoms with Crippen molar-refractivity contribution in [3.8, 4) is 11.8 Å². The van der Waals surface area contributed by atoms with Gasteiger partial charge in [-0.2, -0.15) is 13.2 Å². The molecule has 0 aromatic heterocycles. The van der Waals surface area contributed by atoms with E-state index in [2.05, 4.69) is 11.8 Å². The van der Waals surface area contributed by atoms with Crippen LogP contribution in [0.3, 0.4) is 0 Å². The first-order chi connectivity index (χ1) is 9.54. The van der Waals surface area contributed by atoms with Crippen molar-refractivity contribution >= 4 is 0 Å². The normalized spacial score (nSPS) is 11.9. The second-order valence-electron chi connectivity index (χ2n) is 4.55. The van der Waals surface area contributed by atoms with Crippen LogP contribution in [0.1, 0.15) is 38.2 Å². The Balaban J connectivity index is 2.63. The molecule has 1 rings (SSSR count). The number of alkyl halides is 3. The van der Waals surface area contributed by atoms with E-state index in [9.17, 15) is 13.2 Å². The van der Waals surface area contributed by atoms with Gasteiger partial charge in [-0.25, -0.2) is 0 Å². The van der Waals surface area contributed by atoms with E-state index in [1.165, 1.54) is 6.08 Å². The van der Waals surface area contributed by atoms with E-state index in [-0.39, 0.29) is 0 Å². The third-order valence-electron chi connectivity index (χ3n) is 2.81. The van der Waals surface area contributed by atoms with Crippen LogP contribution in [0.2, 0.25) is 0 Å². The van der Waals surface area contributed by atoms with Crippen molar-refractivity contribution in [2.45, 2.75) is 45.2 Å². The molecule has 3 heteroatoms. The number of rotatable bonds is 5. The van der Waals surface area contributed by atoms with Gasteiger partial charge in [0.25, 0.3) is 0 Å². The molecule has 0 radical (unpaired) electrons. The Morgan fingerprint density at radius 3 is 2.50 bits per heavy atom. The molecule has 0 saturated carbocycles. The number of hydrogen-bond donors (Lipinski definition) is 0. The maximum atomic E-state index is 12.8. The molecule has 0 heterocycles. The molecule has 0 nitrogen and oxygen atoms in total. The molecule has 0 fully saturated rings. The van der Waals surface area contributed by atoms with Gasteiger partial charge in [-0.15, -0.1) is 0 Å². The Kier molecular flexibility index (Phi) is 6.93. The fraction of sp³-hybridized carbons (Fsp3) is 0.412. The van der Waals surface area contributed by atoms with Crippen molar-refractivity contribution in [3.05, 3.63) is 47.5 Å². The van der Waals surface area contributed by atoms with Gasteiger partial charge >= 0.3 is 6.18 Å². The van der Waals surface area contributed by atoms with Crippen LogP contribution in [0, 0.1) is 11.8 Å². The molecule has 0 unspecified atom stereocenters. The summed E-state index contributed by atoms with van der Waals surface area (Å²) < 4.78 is 38.4. The van der Waals surface area contributed by atoms with Crippen LogP contribution in [0.25, 0.3) is 0 Å². The third kappa shape index (κ3) is 6.47. The smallest absolute Gasteiger partial charge is 0.165 e. The summed E-state index contributed by atoms with van der Waals surface area (Å²) in [5, 5.41) is 0. The molecule has 0 saturated heterocycles. The first-order valence-corrected chi connectivity index (χ1v) is 6.84. The summed E-state index contributed by atoms with van der Waals surface area (Å²) in [6, 6.07) is 9.48. The molecule has 0 amide bonds. The highest BCUT2D eigenvalue weighted by Crippen LogP contribution is 2.25. The lowest BCUT2D eigenvalue weighted by Crippen LogP contribution is -2.10. The number of hydrogen-bond acceptors (Lipinski definition) is 0. The van der Waals surface area contributed by atoms with Crippen LogP contribution >= 0.6 is 0 Å². The van der Waals surface area contributed by atoms with Crippen LogP contribution in [0.4, 0.5) is 13.2 Å². The number of allylic oxidation sites excluding steroid dienone is 2. The Bertz CT molecular complexity index is 472. The summed E-state index contributed by atoms with van der Waals surface area (Å²) >= 11 is 0. The number of aryl methyl sites for hydroxylation is 1. The van der Waals surface area contributed by atoms with Gasteiger partial charge in [0.1, 0.15) is 5.57 Å². The second-order valence-corrected chi connectivity index (χ2v) is 4.55. The van der Waals surface area contributed by atoms with E-state index < -0.39 is 11.7 Å². The fourth-order valence-electron chi connectivity index (χ4n) is 1.69. The van der Waals surface area contributed by atoms with Crippen molar-refractivity contribution in [3.63, 3.8) is 0 Å². The molecule has 0 N–H and O–H groups in total. The minimum absolute atomic E-state index is 0.349. The first-order valence-electron chi connectivity index (χ1n) is 6.84. The predicted octanol–water partition coefficient (Wildman–Crippen LogP) is 5.30. The van der Waals surface area contributed by atoms with Gasteiger partial charge in [0, 0.05) is 6.42 Å². The van der Waals surface area contributed by atoms with Crippen LogP contribution < -0.4 is 0 Å². The molecule has 108 valence electrons. The number of unbranched alkanes of at least 4 members (excludes halogenated alkanes) is 2. The highest BCUT2D eigenvalue weighted by atomic mass is 19.4. The lowest BCUT2D eigenvalue weighted by atomic mass is 10.1. The average molecular weight is 280 g/mol. The average Bonchev–Trinajstić information content (AvgIpc) is 2.41. The lowest BCUT2D eigenvalue weighted by Gasteiger charge is -2.05. The van der Waals surface area contributed by atoms with E-state index in [1.807, 2.05) is 37.3 Å². The third-order valence-corrected chi connectivity index (χ3v) is 2.81. The zero-order valence-electron chi connectivity index (χ0n) is 11.6. The monoisotopic (exact) mass is 280 g/mol. The van der Waals surface area contributed by atoms with Crippen LogP contribution in [0.15, 0.2) is 42.0 Å². The van der Waals surface area contributed by atoms with Gasteiger partial charge in [-0.05, 0) is 24.8 Å². The fourth-order valence-corrected chi connectivity index (χ4v) is 1.69. The van der Waals surface area contributed by atoms with Gasteiger partial charge in [0.2, 0.25) is 0 Å². The highest BCUT2D eigenvalue weighted by molar-refractivity contribution is 5.33. The van der Waals surface area contributed by atoms with E-state index in [0.717, 1.165) is 18.4 Å². The Labute approximate surface area is 118 Å². The molecule has 0 aliphatic carbocycles. The highest BCUT2D eigenvalue weighted by Gasteiger charge is 2.32. The molecule has 0 atom stereocenters. The van der Waals surface area contributed by atoms with Gasteiger partial charge in [-0.1, -0.05) is 61.6 Å². The molecule has 0 bridgehead atoms. The largest absolute Gasteiger partial charge is 0.423 e. The van der Waals surface area contributed by atoms with Crippen molar-refractivity contribution in [1.29, 1.82) is 0 Å². The summed E-state index contributed by atoms with van der Waals surface area (Å²) in [7, 11) is 0. The second kappa shape index (κ2) is 8.47. The van der Waals surface area contributed by atoms with Gasteiger partial charge in [0.15, 0.2) is 0 Å². The Hall–Kier alpha value is -1.69. The Morgan fingerprint density at radius 2 is 1.90 bits per heavy atom. The van der Waals surface area contributed by atoms with Crippen molar-refractivity contribution in [1.82, 2.24) is 0 Å². The standard InChI is InChI=1S/C17H19F3/c1-2-3-4-8-13-16(17(18,19)20)14-9-12-15-10-6-5-7-11-15/h5-7,10-11,14H,2-4,9,12H2,1H3/b16-14-. The Morgan fingerprint density at radius 1 is 1.20 bits per heavy atom. The number of benzene rings is 1. The quantitative estimate of drug-likeness (QED) is 0.507. The molecule has 20 heavy (non-hydrogen) atoms. The minimum Gasteiger partial charge on any atom is -0.165 e. The van der Waals surface area contributed by atoms with Gasteiger partial charge < -0.3 is 0 Å². The lowest BCUT2D eigenvalue weighted by molar-refractivity contribution is -0.0874. The van der Waals surface area contributed by atoms with E-state index in [4.69, 9.17) is 0 Å². The zero-order chi connectivity index (χ0) is 14.8. The van der Waals surface area contributed by atoms with Crippen molar-refractivity contribution in [2.75, 3.05) is 0 Å². The van der Waals surface area contributed by atoms with Crippen molar-refractivity contribution in [2.24, 2.45) is 0 Å². The summed E-state index contributed by atoms with van der Waals surface area (Å²) in [6.07, 6.45) is 0.0821. The summed E-state index contributed by atoms with van der Waals surface area (Å²) in [4.78, 5) is 0. The zero-order valence-corrected chi connectivity index (χ0v) is 11.6. The van der Waals surface area contributed by atoms with E-state index >= 15 is 0 Å². The van der Waals surface area contributed by atoms with Crippen LogP contribution in [-0.4, -0.2) is 6.18 Å².